The van der Waals surface area contributed by atoms with Gasteiger partial charge in [-0.1, -0.05) is 13.8 Å². The van der Waals surface area contributed by atoms with E-state index in [0.29, 0.717) is 6.61 Å². The lowest BCUT2D eigenvalue weighted by Crippen LogP contribution is -2.43. The van der Waals surface area contributed by atoms with E-state index in [1.54, 1.807) is 0 Å². The van der Waals surface area contributed by atoms with Crippen molar-refractivity contribution in [2.45, 2.75) is 51.2 Å². The number of benzene rings is 1. The van der Waals surface area contributed by atoms with Gasteiger partial charge in [0.25, 0.3) is 0 Å². The predicted octanol–water partition coefficient (Wildman–Crippen LogP) is 3.70. The number of nitrogens with one attached hydrogen (secondary N) is 1. The number of rotatable bonds is 4. The lowest BCUT2D eigenvalue weighted by molar-refractivity contribution is -0.0864. The molecule has 1 saturated heterocycles. The Kier molecular flexibility index (Phi) is 4.48. The molecule has 0 spiro atoms. The smallest absolute Gasteiger partial charge is 0.183 e. The third kappa shape index (κ3) is 2.87. The molecule has 20 heavy (non-hydrogen) atoms. The molecule has 3 nitrogen and oxygen atoms in total. The molecule has 5 heteroatoms. The topological polar surface area (TPSA) is 47.3 Å². The van der Waals surface area contributed by atoms with Gasteiger partial charge in [0.2, 0.25) is 0 Å². The molecule has 1 heterocycles. The second-order valence-electron chi connectivity index (χ2n) is 5.40. The summed E-state index contributed by atoms with van der Waals surface area (Å²) in [7, 11) is 0. The highest BCUT2D eigenvalue weighted by molar-refractivity contribution is 5.67. The van der Waals surface area contributed by atoms with Gasteiger partial charge in [-0.25, -0.2) is 8.78 Å². The first kappa shape index (κ1) is 15.0. The largest absolute Gasteiger partial charge is 0.397 e. The van der Waals surface area contributed by atoms with Crippen molar-refractivity contribution in [3.63, 3.8) is 0 Å². The maximum atomic E-state index is 13.8. The van der Waals surface area contributed by atoms with Crippen molar-refractivity contribution in [2.75, 3.05) is 17.7 Å². The molecule has 0 amide bonds. The Labute approximate surface area is 118 Å². The van der Waals surface area contributed by atoms with E-state index in [0.717, 1.165) is 31.7 Å². The normalized spacial score (nSPS) is 21.7. The van der Waals surface area contributed by atoms with Crippen LogP contribution in [0.4, 0.5) is 20.2 Å². The van der Waals surface area contributed by atoms with E-state index in [4.69, 9.17) is 10.5 Å². The Morgan fingerprint density at radius 3 is 2.70 bits per heavy atom. The monoisotopic (exact) mass is 284 g/mol. The minimum atomic E-state index is -0.907. The molecule has 1 aliphatic rings. The summed E-state index contributed by atoms with van der Waals surface area (Å²) in [4.78, 5) is 0. The molecule has 1 aromatic rings. The SMILES string of the molecule is CCC1(CC)CC(Nc2c(N)ccc(F)c2F)CCO1. The van der Waals surface area contributed by atoms with E-state index in [1.807, 2.05) is 0 Å². The van der Waals surface area contributed by atoms with Crippen LogP contribution in [0.1, 0.15) is 39.5 Å². The van der Waals surface area contributed by atoms with Crippen LogP contribution in [-0.4, -0.2) is 18.2 Å². The van der Waals surface area contributed by atoms with Crippen molar-refractivity contribution >= 4 is 11.4 Å². The number of anilines is 2. The summed E-state index contributed by atoms with van der Waals surface area (Å²) in [5.74, 6) is -1.79. The summed E-state index contributed by atoms with van der Waals surface area (Å²) in [5, 5.41) is 3.06. The Bertz CT molecular complexity index is 475. The van der Waals surface area contributed by atoms with E-state index in [1.165, 1.54) is 6.07 Å². The van der Waals surface area contributed by atoms with Crippen LogP contribution >= 0.6 is 0 Å². The molecule has 1 aliphatic heterocycles. The highest BCUT2D eigenvalue weighted by Crippen LogP contribution is 2.34. The quantitative estimate of drug-likeness (QED) is 0.829. The van der Waals surface area contributed by atoms with Crippen LogP contribution in [0, 0.1) is 11.6 Å². The Morgan fingerprint density at radius 2 is 2.05 bits per heavy atom. The van der Waals surface area contributed by atoms with Crippen molar-refractivity contribution in [2.24, 2.45) is 0 Å². The fourth-order valence-electron chi connectivity index (χ4n) is 2.81. The molecule has 1 aromatic carbocycles. The van der Waals surface area contributed by atoms with Crippen molar-refractivity contribution < 1.29 is 13.5 Å². The fourth-order valence-corrected chi connectivity index (χ4v) is 2.81. The van der Waals surface area contributed by atoms with Crippen LogP contribution in [-0.2, 0) is 4.74 Å². The zero-order valence-corrected chi connectivity index (χ0v) is 12.0. The van der Waals surface area contributed by atoms with E-state index in [2.05, 4.69) is 19.2 Å². The number of halogens is 2. The highest BCUT2D eigenvalue weighted by Gasteiger charge is 2.35. The number of nitrogens with two attached hydrogens (primary N) is 1. The standard InChI is InChI=1S/C15H22F2N2O/c1-3-15(4-2)9-10(7-8-20-15)19-14-12(18)6-5-11(16)13(14)17/h5-6,10,19H,3-4,7-9,18H2,1-2H3. The van der Waals surface area contributed by atoms with Crippen molar-refractivity contribution in [3.05, 3.63) is 23.8 Å². The number of hydrogen-bond acceptors (Lipinski definition) is 3. The summed E-state index contributed by atoms with van der Waals surface area (Å²) >= 11 is 0. The number of nitrogen functional groups attached to an aromatic ring is 1. The van der Waals surface area contributed by atoms with E-state index in [-0.39, 0.29) is 23.0 Å². The van der Waals surface area contributed by atoms with Gasteiger partial charge in [-0.15, -0.1) is 0 Å². The maximum absolute atomic E-state index is 13.8. The number of ether oxygens (including phenoxy) is 1. The van der Waals surface area contributed by atoms with Crippen LogP contribution in [0.15, 0.2) is 12.1 Å². The third-order valence-corrected chi connectivity index (χ3v) is 4.26. The Balaban J connectivity index is 2.16. The first-order valence-electron chi connectivity index (χ1n) is 7.15. The summed E-state index contributed by atoms with van der Waals surface area (Å²) in [6.45, 7) is 4.79. The van der Waals surface area contributed by atoms with Gasteiger partial charge >= 0.3 is 0 Å². The molecule has 0 aliphatic carbocycles. The van der Waals surface area contributed by atoms with Crippen LogP contribution in [0.25, 0.3) is 0 Å². The molecule has 2 rings (SSSR count). The van der Waals surface area contributed by atoms with E-state index in [9.17, 15) is 8.78 Å². The van der Waals surface area contributed by atoms with Gasteiger partial charge in [0, 0.05) is 12.6 Å². The highest BCUT2D eigenvalue weighted by atomic mass is 19.2. The first-order chi connectivity index (χ1) is 9.51. The molecule has 0 bridgehead atoms. The molecule has 3 N–H and O–H groups in total. The van der Waals surface area contributed by atoms with Crippen LogP contribution in [0.3, 0.4) is 0 Å². The lowest BCUT2D eigenvalue weighted by Gasteiger charge is -2.40. The van der Waals surface area contributed by atoms with Crippen LogP contribution in [0.2, 0.25) is 0 Å². The minimum Gasteiger partial charge on any atom is -0.397 e. The molecule has 1 atom stereocenters. The maximum Gasteiger partial charge on any atom is 0.183 e. The third-order valence-electron chi connectivity index (χ3n) is 4.26. The molecule has 0 saturated carbocycles. The molecule has 0 radical (unpaired) electrons. The lowest BCUT2D eigenvalue weighted by atomic mass is 9.86. The van der Waals surface area contributed by atoms with Crippen LogP contribution in [0.5, 0.6) is 0 Å². The second kappa shape index (κ2) is 5.95. The molecule has 0 aromatic heterocycles. The van der Waals surface area contributed by atoms with Gasteiger partial charge < -0.3 is 15.8 Å². The average Bonchev–Trinajstić information content (AvgIpc) is 2.48. The van der Waals surface area contributed by atoms with Gasteiger partial charge in [-0.2, -0.15) is 0 Å². The van der Waals surface area contributed by atoms with Crippen molar-refractivity contribution in [3.8, 4) is 0 Å². The van der Waals surface area contributed by atoms with Gasteiger partial charge in [0.15, 0.2) is 11.6 Å². The first-order valence-corrected chi connectivity index (χ1v) is 7.15. The molecule has 1 unspecified atom stereocenters. The van der Waals surface area contributed by atoms with E-state index < -0.39 is 11.6 Å². The zero-order chi connectivity index (χ0) is 14.8. The Morgan fingerprint density at radius 1 is 1.35 bits per heavy atom. The summed E-state index contributed by atoms with van der Waals surface area (Å²) in [6.07, 6.45) is 3.35. The van der Waals surface area contributed by atoms with Crippen molar-refractivity contribution in [1.82, 2.24) is 0 Å². The van der Waals surface area contributed by atoms with Gasteiger partial charge in [0.05, 0.1) is 17.0 Å². The second-order valence-corrected chi connectivity index (χ2v) is 5.40. The minimum absolute atomic E-state index is 0.0437. The molecular weight excluding hydrogens is 262 g/mol. The van der Waals surface area contributed by atoms with Crippen LogP contribution < -0.4 is 11.1 Å². The van der Waals surface area contributed by atoms with Gasteiger partial charge in [0.1, 0.15) is 0 Å². The van der Waals surface area contributed by atoms with Gasteiger partial charge in [-0.05, 0) is 37.8 Å². The molecular formula is C15H22F2N2O. The summed E-state index contributed by atoms with van der Waals surface area (Å²) in [6, 6.07) is 2.47. The average molecular weight is 284 g/mol. The molecule has 112 valence electrons. The summed E-state index contributed by atoms with van der Waals surface area (Å²) < 4.78 is 33.0. The Hall–Kier alpha value is -1.36. The fraction of sp³-hybridized carbons (Fsp3) is 0.600. The number of hydrogen-bond donors (Lipinski definition) is 2. The van der Waals surface area contributed by atoms with E-state index >= 15 is 0 Å². The molecule has 1 fully saturated rings. The summed E-state index contributed by atoms with van der Waals surface area (Å²) in [5.41, 5.74) is 5.87. The zero-order valence-electron chi connectivity index (χ0n) is 12.0. The van der Waals surface area contributed by atoms with Gasteiger partial charge in [-0.3, -0.25) is 0 Å². The van der Waals surface area contributed by atoms with Crippen molar-refractivity contribution in [1.29, 1.82) is 0 Å². The predicted molar refractivity (Wildman–Crippen MR) is 76.7 cm³/mol.